The van der Waals surface area contributed by atoms with Crippen molar-refractivity contribution in [1.82, 2.24) is 24.6 Å². The fraction of sp³-hybridized carbons (Fsp3) is 0.263. The van der Waals surface area contributed by atoms with Gasteiger partial charge in [0.1, 0.15) is 12.0 Å². The minimum Gasteiger partial charge on any atom is -0.296 e. The highest BCUT2D eigenvalue weighted by atomic mass is 79.9. The maximum atomic E-state index is 13.0. The molecule has 0 radical (unpaired) electrons. The number of ketones is 1. The second kappa shape index (κ2) is 8.33. The Morgan fingerprint density at radius 1 is 1.19 bits per heavy atom. The van der Waals surface area contributed by atoms with Crippen LogP contribution in [0.2, 0.25) is 0 Å². The van der Waals surface area contributed by atoms with Crippen LogP contribution in [0.25, 0.3) is 5.69 Å². The van der Waals surface area contributed by atoms with E-state index < -0.39 is 0 Å². The summed E-state index contributed by atoms with van der Waals surface area (Å²) >= 11 is 3.46. The van der Waals surface area contributed by atoms with Crippen molar-refractivity contribution in [3.8, 4) is 5.69 Å². The molecule has 134 valence electrons. The molecule has 3 rings (SSSR count). The molecule has 3 aromatic rings. The van der Waals surface area contributed by atoms with Crippen LogP contribution in [0.15, 0.2) is 53.4 Å². The first-order chi connectivity index (χ1) is 12.6. The Balaban J connectivity index is 2.05. The van der Waals surface area contributed by atoms with Gasteiger partial charge in [0.25, 0.3) is 0 Å². The Kier molecular flexibility index (Phi) is 5.90. The van der Waals surface area contributed by atoms with Crippen LogP contribution in [-0.4, -0.2) is 43.5 Å². The molecule has 0 atom stereocenters. The molecular weight excluding hydrogens is 394 g/mol. The third kappa shape index (κ3) is 3.89. The summed E-state index contributed by atoms with van der Waals surface area (Å²) in [5.74, 6) is 0.662. The van der Waals surface area contributed by atoms with Crippen LogP contribution in [0.4, 0.5) is 0 Å². The topological polar surface area (TPSA) is 63.9 Å². The van der Waals surface area contributed by atoms with E-state index in [1.807, 2.05) is 28.8 Å². The highest BCUT2D eigenvalue weighted by molar-refractivity contribution is 9.10. The van der Waals surface area contributed by atoms with Crippen molar-refractivity contribution >= 4 is 21.7 Å². The standard InChI is InChI=1S/C19H20BrN5O/c1-3-24(4-2)12-18-23-22-13-25(18)17-9-8-14(20)11-15(17)19(26)16-7-5-6-10-21-16/h5-11,13H,3-4,12H2,1-2H3. The number of pyridine rings is 1. The number of hydrogen-bond acceptors (Lipinski definition) is 5. The van der Waals surface area contributed by atoms with Crippen molar-refractivity contribution in [1.29, 1.82) is 0 Å². The summed E-state index contributed by atoms with van der Waals surface area (Å²) in [5, 5.41) is 8.32. The molecule has 7 heteroatoms. The van der Waals surface area contributed by atoms with Crippen molar-refractivity contribution in [3.05, 3.63) is 70.5 Å². The van der Waals surface area contributed by atoms with Gasteiger partial charge >= 0.3 is 0 Å². The van der Waals surface area contributed by atoms with Gasteiger partial charge in [0.2, 0.25) is 5.78 Å². The maximum absolute atomic E-state index is 13.0. The maximum Gasteiger partial charge on any atom is 0.213 e. The predicted molar refractivity (Wildman–Crippen MR) is 103 cm³/mol. The van der Waals surface area contributed by atoms with E-state index in [0.29, 0.717) is 17.8 Å². The molecule has 0 saturated carbocycles. The third-order valence-corrected chi connectivity index (χ3v) is 4.73. The van der Waals surface area contributed by atoms with E-state index in [9.17, 15) is 4.79 Å². The third-order valence-electron chi connectivity index (χ3n) is 4.24. The Bertz CT molecular complexity index is 890. The monoisotopic (exact) mass is 413 g/mol. The Hall–Kier alpha value is -2.38. The molecule has 26 heavy (non-hydrogen) atoms. The van der Waals surface area contributed by atoms with Gasteiger partial charge in [-0.2, -0.15) is 0 Å². The SMILES string of the molecule is CCN(CC)Cc1nncn1-c1ccc(Br)cc1C(=O)c1ccccn1. The predicted octanol–water partition coefficient (Wildman–Crippen LogP) is 3.50. The van der Waals surface area contributed by atoms with Gasteiger partial charge in [-0.25, -0.2) is 0 Å². The lowest BCUT2D eigenvalue weighted by molar-refractivity contribution is 0.103. The van der Waals surface area contributed by atoms with Gasteiger partial charge in [-0.05, 0) is 43.4 Å². The first-order valence-corrected chi connectivity index (χ1v) is 9.30. The van der Waals surface area contributed by atoms with Crippen molar-refractivity contribution < 1.29 is 4.79 Å². The Labute approximate surface area is 161 Å². The second-order valence-corrected chi connectivity index (χ2v) is 6.70. The van der Waals surface area contributed by atoms with E-state index >= 15 is 0 Å². The number of nitrogens with zero attached hydrogens (tertiary/aromatic N) is 5. The van der Waals surface area contributed by atoms with Crippen LogP contribution in [0, 0.1) is 0 Å². The van der Waals surface area contributed by atoms with E-state index in [2.05, 4.69) is 49.9 Å². The van der Waals surface area contributed by atoms with Crippen molar-refractivity contribution in [2.24, 2.45) is 0 Å². The second-order valence-electron chi connectivity index (χ2n) is 5.78. The summed E-state index contributed by atoms with van der Waals surface area (Å²) in [6.07, 6.45) is 3.27. The van der Waals surface area contributed by atoms with Crippen LogP contribution in [0.3, 0.4) is 0 Å². The van der Waals surface area contributed by atoms with E-state index in [4.69, 9.17) is 0 Å². The molecule has 6 nitrogen and oxygen atoms in total. The summed E-state index contributed by atoms with van der Waals surface area (Å²) in [4.78, 5) is 19.5. The van der Waals surface area contributed by atoms with Crippen LogP contribution < -0.4 is 0 Å². The van der Waals surface area contributed by atoms with Crippen molar-refractivity contribution in [2.75, 3.05) is 13.1 Å². The number of halogens is 1. The summed E-state index contributed by atoms with van der Waals surface area (Å²) in [6, 6.07) is 10.9. The molecule has 0 amide bonds. The van der Waals surface area contributed by atoms with Crippen LogP contribution in [0.1, 0.15) is 35.7 Å². The van der Waals surface area contributed by atoms with Crippen LogP contribution in [0.5, 0.6) is 0 Å². The molecule has 0 aliphatic heterocycles. The van der Waals surface area contributed by atoms with Gasteiger partial charge in [-0.1, -0.05) is 35.8 Å². The summed E-state index contributed by atoms with van der Waals surface area (Å²) in [5.41, 5.74) is 1.71. The number of carbonyl (C=O) groups is 1. The number of benzene rings is 1. The lowest BCUT2D eigenvalue weighted by atomic mass is 10.1. The summed E-state index contributed by atoms with van der Waals surface area (Å²) in [6.45, 7) is 6.73. The van der Waals surface area contributed by atoms with Crippen molar-refractivity contribution in [3.63, 3.8) is 0 Å². The first kappa shape index (κ1) is 18.4. The molecule has 0 aliphatic rings. The molecule has 0 N–H and O–H groups in total. The lowest BCUT2D eigenvalue weighted by Gasteiger charge is -2.18. The van der Waals surface area contributed by atoms with Crippen LogP contribution in [-0.2, 0) is 6.54 Å². The van der Waals surface area contributed by atoms with Gasteiger partial charge < -0.3 is 0 Å². The molecule has 0 fully saturated rings. The Morgan fingerprint density at radius 3 is 2.69 bits per heavy atom. The normalized spacial score (nSPS) is 11.1. The van der Waals surface area contributed by atoms with Crippen LogP contribution >= 0.6 is 15.9 Å². The zero-order valence-corrected chi connectivity index (χ0v) is 16.3. The fourth-order valence-electron chi connectivity index (χ4n) is 2.75. The quantitative estimate of drug-likeness (QED) is 0.554. The summed E-state index contributed by atoms with van der Waals surface area (Å²) in [7, 11) is 0. The zero-order chi connectivity index (χ0) is 18.5. The lowest BCUT2D eigenvalue weighted by Crippen LogP contribution is -2.24. The molecule has 0 unspecified atom stereocenters. The molecule has 1 aromatic carbocycles. The fourth-order valence-corrected chi connectivity index (χ4v) is 3.11. The van der Waals surface area contributed by atoms with Gasteiger partial charge in [0.15, 0.2) is 5.82 Å². The highest BCUT2D eigenvalue weighted by Gasteiger charge is 2.19. The number of hydrogen-bond donors (Lipinski definition) is 0. The van der Waals surface area contributed by atoms with Gasteiger partial charge in [0, 0.05) is 16.2 Å². The minimum atomic E-state index is -0.135. The average molecular weight is 414 g/mol. The first-order valence-electron chi connectivity index (χ1n) is 8.51. The van der Waals surface area contributed by atoms with Gasteiger partial charge in [0.05, 0.1) is 12.2 Å². The molecule has 0 saturated heterocycles. The summed E-state index contributed by atoms with van der Waals surface area (Å²) < 4.78 is 2.71. The number of carbonyl (C=O) groups excluding carboxylic acids is 1. The molecular formula is C19H20BrN5O. The largest absolute Gasteiger partial charge is 0.296 e. The molecule has 0 spiro atoms. The Morgan fingerprint density at radius 2 is 2.00 bits per heavy atom. The van der Waals surface area contributed by atoms with Gasteiger partial charge in [-0.3, -0.25) is 19.2 Å². The van der Waals surface area contributed by atoms with E-state index in [0.717, 1.165) is 29.1 Å². The zero-order valence-electron chi connectivity index (χ0n) is 14.8. The number of rotatable bonds is 7. The van der Waals surface area contributed by atoms with Gasteiger partial charge in [-0.15, -0.1) is 10.2 Å². The van der Waals surface area contributed by atoms with Crippen molar-refractivity contribution in [2.45, 2.75) is 20.4 Å². The minimum absolute atomic E-state index is 0.135. The molecule has 0 bridgehead atoms. The molecule has 2 aromatic heterocycles. The van der Waals surface area contributed by atoms with E-state index in [1.54, 1.807) is 24.7 Å². The highest BCUT2D eigenvalue weighted by Crippen LogP contribution is 2.23. The molecule has 2 heterocycles. The smallest absolute Gasteiger partial charge is 0.213 e. The van der Waals surface area contributed by atoms with E-state index in [1.165, 1.54) is 0 Å². The average Bonchev–Trinajstić information content (AvgIpc) is 3.14. The van der Waals surface area contributed by atoms with E-state index in [-0.39, 0.29) is 5.78 Å². The number of aromatic nitrogens is 4. The molecule has 0 aliphatic carbocycles.